The van der Waals surface area contributed by atoms with Crippen LogP contribution in [0.15, 0.2) is 11.6 Å². The number of allylic oxidation sites excluding steroid dienone is 2. The van der Waals surface area contributed by atoms with Crippen LogP contribution in [0.4, 0.5) is 4.39 Å². The van der Waals surface area contributed by atoms with E-state index in [2.05, 4.69) is 0 Å². The molecule has 2 rings (SSSR count). The van der Waals surface area contributed by atoms with Crippen molar-refractivity contribution in [1.29, 1.82) is 0 Å². The Bertz CT molecular complexity index is 269. The molecule has 0 aromatic heterocycles. The second-order valence-electron chi connectivity index (χ2n) is 4.39. The maximum atomic E-state index is 12.9. The molecule has 0 aromatic carbocycles. The van der Waals surface area contributed by atoms with Crippen molar-refractivity contribution in [2.45, 2.75) is 45.2 Å². The highest BCUT2D eigenvalue weighted by Gasteiger charge is 2.57. The maximum absolute atomic E-state index is 12.9. The highest BCUT2D eigenvalue weighted by atomic mass is 19.1. The predicted molar refractivity (Wildman–Crippen MR) is 49.2 cm³/mol. The average Bonchev–Trinajstić information content (AvgIpc) is 2.76. The molecule has 0 radical (unpaired) electrons. The van der Waals surface area contributed by atoms with E-state index >= 15 is 0 Å². The van der Waals surface area contributed by atoms with E-state index in [4.69, 9.17) is 0 Å². The number of hydrogen-bond donors (Lipinski definition) is 0. The van der Waals surface area contributed by atoms with Gasteiger partial charge in [-0.3, -0.25) is 4.79 Å². The molecule has 0 aromatic rings. The first-order valence-electron chi connectivity index (χ1n) is 5.02. The normalized spacial score (nSPS) is 38.3. The van der Waals surface area contributed by atoms with Gasteiger partial charge in [0.2, 0.25) is 0 Å². The number of hydrogen-bond acceptors (Lipinski definition) is 1. The summed E-state index contributed by atoms with van der Waals surface area (Å²) >= 11 is 0. The number of Topliss-reactive ketones (excluding diaryl/α,β-unsaturated/α-hetero) is 1. The topological polar surface area (TPSA) is 17.1 Å². The summed E-state index contributed by atoms with van der Waals surface area (Å²) in [7, 11) is 0. The zero-order chi connectivity index (χ0) is 9.47. The van der Waals surface area contributed by atoms with E-state index in [1.807, 2.05) is 6.08 Å². The summed E-state index contributed by atoms with van der Waals surface area (Å²) in [6, 6.07) is 0. The van der Waals surface area contributed by atoms with Gasteiger partial charge in [0.1, 0.15) is 6.17 Å². The minimum absolute atomic E-state index is 0.0692. The van der Waals surface area contributed by atoms with E-state index in [-0.39, 0.29) is 5.78 Å². The number of halogens is 1. The molecule has 0 bridgehead atoms. The first-order chi connectivity index (χ1) is 6.14. The molecule has 1 fully saturated rings. The van der Waals surface area contributed by atoms with Crippen LogP contribution in [0.2, 0.25) is 0 Å². The lowest BCUT2D eigenvalue weighted by Gasteiger charge is -2.14. The van der Waals surface area contributed by atoms with Crippen molar-refractivity contribution in [2.24, 2.45) is 5.41 Å². The lowest BCUT2D eigenvalue weighted by Crippen LogP contribution is -2.18. The fourth-order valence-electron chi connectivity index (χ4n) is 1.96. The first-order valence-corrected chi connectivity index (χ1v) is 5.02. The summed E-state index contributed by atoms with van der Waals surface area (Å²) in [5.74, 6) is 0.0692. The van der Waals surface area contributed by atoms with Gasteiger partial charge in [0.15, 0.2) is 5.78 Å². The number of carbonyl (C=O) groups is 1. The Morgan fingerprint density at radius 1 is 1.62 bits per heavy atom. The van der Waals surface area contributed by atoms with Crippen LogP contribution in [-0.4, -0.2) is 12.0 Å². The number of alkyl halides is 1. The second-order valence-corrected chi connectivity index (χ2v) is 4.39. The molecule has 0 N–H and O–H groups in total. The van der Waals surface area contributed by atoms with Crippen molar-refractivity contribution in [2.75, 3.05) is 0 Å². The Kier molecular flexibility index (Phi) is 2.01. The third-order valence-corrected chi connectivity index (χ3v) is 3.24. The Balaban J connectivity index is 2.09. The maximum Gasteiger partial charge on any atom is 0.167 e. The van der Waals surface area contributed by atoms with Gasteiger partial charge < -0.3 is 0 Å². The van der Waals surface area contributed by atoms with Crippen LogP contribution in [-0.2, 0) is 4.79 Å². The smallest absolute Gasteiger partial charge is 0.167 e. The van der Waals surface area contributed by atoms with Gasteiger partial charge >= 0.3 is 0 Å². The lowest BCUT2D eigenvalue weighted by atomic mass is 9.89. The summed E-state index contributed by atoms with van der Waals surface area (Å²) in [5, 5.41) is 0. The first kappa shape index (κ1) is 8.92. The van der Waals surface area contributed by atoms with E-state index < -0.39 is 11.6 Å². The van der Waals surface area contributed by atoms with Gasteiger partial charge in [-0.05, 0) is 44.6 Å². The van der Waals surface area contributed by atoms with E-state index in [1.165, 1.54) is 6.42 Å². The quantitative estimate of drug-likeness (QED) is 0.641. The summed E-state index contributed by atoms with van der Waals surface area (Å²) in [4.78, 5) is 11.8. The molecule has 0 spiro atoms. The minimum Gasteiger partial charge on any atom is -0.294 e. The zero-order valence-corrected chi connectivity index (χ0v) is 7.98. The van der Waals surface area contributed by atoms with Crippen molar-refractivity contribution in [3.05, 3.63) is 11.6 Å². The number of ketones is 1. The minimum atomic E-state index is -0.886. The highest BCUT2D eigenvalue weighted by molar-refractivity contribution is 6.02. The van der Waals surface area contributed by atoms with Crippen LogP contribution < -0.4 is 0 Å². The SMILES string of the molecule is CC1(C(=O)C2=CCCCC2)CC1F. The summed E-state index contributed by atoms with van der Waals surface area (Å²) in [6.45, 7) is 1.75. The summed E-state index contributed by atoms with van der Waals surface area (Å²) < 4.78 is 12.9. The Labute approximate surface area is 78.0 Å². The largest absolute Gasteiger partial charge is 0.294 e. The third-order valence-electron chi connectivity index (χ3n) is 3.24. The molecule has 2 atom stereocenters. The molecule has 0 saturated heterocycles. The molecule has 1 nitrogen and oxygen atoms in total. The van der Waals surface area contributed by atoms with Crippen LogP contribution in [0.25, 0.3) is 0 Å². The van der Waals surface area contributed by atoms with Crippen molar-refractivity contribution >= 4 is 5.78 Å². The van der Waals surface area contributed by atoms with Crippen LogP contribution in [0, 0.1) is 5.41 Å². The van der Waals surface area contributed by atoms with Crippen LogP contribution >= 0.6 is 0 Å². The molecular weight excluding hydrogens is 167 g/mol. The van der Waals surface area contributed by atoms with E-state index in [0.29, 0.717) is 6.42 Å². The third kappa shape index (κ3) is 1.43. The van der Waals surface area contributed by atoms with Gasteiger partial charge in [-0.15, -0.1) is 0 Å². The molecule has 2 unspecified atom stereocenters. The van der Waals surface area contributed by atoms with Gasteiger partial charge in [-0.1, -0.05) is 6.08 Å². The molecule has 1 saturated carbocycles. The predicted octanol–water partition coefficient (Wildman–Crippen LogP) is 2.80. The fraction of sp³-hybridized carbons (Fsp3) is 0.727. The standard InChI is InChI=1S/C11H15FO/c1-11(7-9(11)12)10(13)8-5-3-2-4-6-8/h5,9H,2-4,6-7H2,1H3. The molecule has 0 aliphatic heterocycles. The monoisotopic (exact) mass is 182 g/mol. The molecule has 2 heteroatoms. The number of carbonyl (C=O) groups excluding carboxylic acids is 1. The van der Waals surface area contributed by atoms with Crippen LogP contribution in [0.5, 0.6) is 0 Å². The van der Waals surface area contributed by atoms with Gasteiger partial charge in [0.25, 0.3) is 0 Å². The van der Waals surface area contributed by atoms with Gasteiger partial charge in [0, 0.05) is 0 Å². The summed E-state index contributed by atoms with van der Waals surface area (Å²) in [5.41, 5.74) is 0.234. The van der Waals surface area contributed by atoms with Crippen LogP contribution in [0.1, 0.15) is 39.0 Å². The van der Waals surface area contributed by atoms with Gasteiger partial charge in [-0.25, -0.2) is 4.39 Å². The Morgan fingerprint density at radius 2 is 2.31 bits per heavy atom. The molecule has 2 aliphatic rings. The molecule has 72 valence electrons. The molecule has 0 heterocycles. The Morgan fingerprint density at radius 3 is 2.77 bits per heavy atom. The Hall–Kier alpha value is -0.660. The number of rotatable bonds is 2. The second kappa shape index (κ2) is 2.93. The van der Waals surface area contributed by atoms with E-state index in [1.54, 1.807) is 6.92 Å². The highest BCUT2D eigenvalue weighted by Crippen LogP contribution is 2.51. The van der Waals surface area contributed by atoms with Gasteiger partial charge in [-0.2, -0.15) is 0 Å². The van der Waals surface area contributed by atoms with Crippen molar-refractivity contribution in [3.63, 3.8) is 0 Å². The van der Waals surface area contributed by atoms with Crippen molar-refractivity contribution in [3.8, 4) is 0 Å². The van der Waals surface area contributed by atoms with Crippen molar-refractivity contribution < 1.29 is 9.18 Å². The van der Waals surface area contributed by atoms with E-state index in [9.17, 15) is 9.18 Å². The molecular formula is C11H15FO. The van der Waals surface area contributed by atoms with Gasteiger partial charge in [0.05, 0.1) is 5.41 Å². The average molecular weight is 182 g/mol. The fourth-order valence-corrected chi connectivity index (χ4v) is 1.96. The molecule has 0 amide bonds. The molecule has 2 aliphatic carbocycles. The zero-order valence-electron chi connectivity index (χ0n) is 7.98. The van der Waals surface area contributed by atoms with Crippen LogP contribution in [0.3, 0.4) is 0 Å². The molecule has 13 heavy (non-hydrogen) atoms. The van der Waals surface area contributed by atoms with Crippen molar-refractivity contribution in [1.82, 2.24) is 0 Å². The summed E-state index contributed by atoms with van der Waals surface area (Å²) in [6.07, 6.45) is 5.67. The van der Waals surface area contributed by atoms with E-state index in [0.717, 1.165) is 24.8 Å². The lowest BCUT2D eigenvalue weighted by molar-refractivity contribution is -0.120.